The Kier molecular flexibility index (Phi) is 3.91. The third-order valence-electron chi connectivity index (χ3n) is 3.66. The van der Waals surface area contributed by atoms with E-state index in [0.717, 1.165) is 36.7 Å². The molecule has 0 saturated carbocycles. The van der Waals surface area contributed by atoms with E-state index in [1.165, 1.54) is 11.1 Å². The first-order valence-corrected chi connectivity index (χ1v) is 7.35. The molecular formula is C18H20N2O. The Balaban J connectivity index is 1.59. The summed E-state index contributed by atoms with van der Waals surface area (Å²) < 4.78 is 8.04. The predicted octanol–water partition coefficient (Wildman–Crippen LogP) is 4.12. The van der Waals surface area contributed by atoms with Crippen LogP contribution in [-0.2, 0) is 6.54 Å². The number of fused-ring (bicyclic) bond motifs is 1. The first-order valence-electron chi connectivity index (χ1n) is 7.35. The molecule has 0 amide bonds. The number of aryl methyl sites for hydroxylation is 3. The minimum atomic E-state index is 0.717. The molecule has 3 rings (SSSR count). The molecule has 2 aromatic carbocycles. The van der Waals surface area contributed by atoms with Gasteiger partial charge in [0, 0.05) is 6.54 Å². The molecule has 0 bridgehead atoms. The van der Waals surface area contributed by atoms with E-state index >= 15 is 0 Å². The molecule has 1 heterocycles. The summed E-state index contributed by atoms with van der Waals surface area (Å²) >= 11 is 0. The van der Waals surface area contributed by atoms with Crippen molar-refractivity contribution < 1.29 is 4.74 Å². The highest BCUT2D eigenvalue weighted by atomic mass is 16.5. The first kappa shape index (κ1) is 13.7. The van der Waals surface area contributed by atoms with E-state index in [0.29, 0.717) is 0 Å². The van der Waals surface area contributed by atoms with Gasteiger partial charge in [0.05, 0.1) is 17.6 Å². The Bertz CT molecular complexity index is 729. The van der Waals surface area contributed by atoms with Crippen LogP contribution < -0.4 is 4.74 Å². The molecule has 0 spiro atoms. The summed E-state index contributed by atoms with van der Waals surface area (Å²) in [4.78, 5) is 4.58. The van der Waals surface area contributed by atoms with Gasteiger partial charge in [0.2, 0.25) is 0 Å². The summed E-state index contributed by atoms with van der Waals surface area (Å²) in [6.07, 6.45) is 0.967. The molecule has 0 N–H and O–H groups in total. The molecule has 0 unspecified atom stereocenters. The number of hydrogen-bond acceptors (Lipinski definition) is 2. The van der Waals surface area contributed by atoms with Gasteiger partial charge < -0.3 is 9.30 Å². The van der Waals surface area contributed by atoms with Gasteiger partial charge in [-0.2, -0.15) is 0 Å². The lowest BCUT2D eigenvalue weighted by molar-refractivity contribution is 0.302. The molecule has 1 aromatic heterocycles. The minimum absolute atomic E-state index is 0.717. The molecule has 0 fully saturated rings. The van der Waals surface area contributed by atoms with Crippen LogP contribution >= 0.6 is 0 Å². The maximum Gasteiger partial charge on any atom is 0.119 e. The number of aromatic nitrogens is 2. The van der Waals surface area contributed by atoms with E-state index in [1.54, 1.807) is 0 Å². The van der Waals surface area contributed by atoms with E-state index < -0.39 is 0 Å². The largest absolute Gasteiger partial charge is 0.494 e. The quantitative estimate of drug-likeness (QED) is 0.657. The molecule has 0 atom stereocenters. The van der Waals surface area contributed by atoms with Crippen molar-refractivity contribution in [2.45, 2.75) is 26.8 Å². The van der Waals surface area contributed by atoms with Gasteiger partial charge in [0.15, 0.2) is 0 Å². The van der Waals surface area contributed by atoms with Crippen LogP contribution in [0, 0.1) is 13.8 Å². The molecule has 3 nitrogen and oxygen atoms in total. The van der Waals surface area contributed by atoms with Crippen LogP contribution in [0.2, 0.25) is 0 Å². The summed E-state index contributed by atoms with van der Waals surface area (Å²) in [7, 11) is 0. The minimum Gasteiger partial charge on any atom is -0.494 e. The lowest BCUT2D eigenvalue weighted by Gasteiger charge is -2.09. The molecule has 108 valence electrons. The van der Waals surface area contributed by atoms with E-state index in [9.17, 15) is 0 Å². The van der Waals surface area contributed by atoms with Gasteiger partial charge >= 0.3 is 0 Å². The number of rotatable bonds is 5. The van der Waals surface area contributed by atoms with Crippen molar-refractivity contribution in [3.05, 3.63) is 59.9 Å². The average molecular weight is 280 g/mol. The third-order valence-corrected chi connectivity index (χ3v) is 3.66. The molecule has 3 heteroatoms. The normalized spacial score (nSPS) is 11.0. The molecule has 0 aliphatic heterocycles. The highest BCUT2D eigenvalue weighted by molar-refractivity contribution is 5.75. The van der Waals surface area contributed by atoms with Gasteiger partial charge in [-0.15, -0.1) is 0 Å². The van der Waals surface area contributed by atoms with Crippen molar-refractivity contribution in [1.82, 2.24) is 9.55 Å². The Morgan fingerprint density at radius 1 is 1.00 bits per heavy atom. The second-order valence-electron chi connectivity index (χ2n) is 5.31. The maximum absolute atomic E-state index is 5.78. The summed E-state index contributed by atoms with van der Waals surface area (Å²) in [5.74, 6) is 2.00. The van der Waals surface area contributed by atoms with Crippen molar-refractivity contribution in [3.8, 4) is 5.75 Å². The van der Waals surface area contributed by atoms with Gasteiger partial charge in [0.25, 0.3) is 0 Å². The van der Waals surface area contributed by atoms with Gasteiger partial charge in [0.1, 0.15) is 11.6 Å². The van der Waals surface area contributed by atoms with Gasteiger partial charge in [-0.05, 0) is 44.5 Å². The number of benzene rings is 2. The molecule has 0 aliphatic rings. The Morgan fingerprint density at radius 2 is 1.76 bits per heavy atom. The van der Waals surface area contributed by atoms with Crippen molar-refractivity contribution in [3.63, 3.8) is 0 Å². The Labute approximate surface area is 125 Å². The highest BCUT2D eigenvalue weighted by Crippen LogP contribution is 2.16. The van der Waals surface area contributed by atoms with Crippen LogP contribution in [-0.4, -0.2) is 16.2 Å². The van der Waals surface area contributed by atoms with Gasteiger partial charge in [-0.3, -0.25) is 0 Å². The molecule has 21 heavy (non-hydrogen) atoms. The lowest BCUT2D eigenvalue weighted by atomic mass is 10.2. The summed E-state index contributed by atoms with van der Waals surface area (Å²) in [6, 6.07) is 16.5. The molecule has 0 aliphatic carbocycles. The number of nitrogens with zero attached hydrogens (tertiary/aromatic N) is 2. The van der Waals surface area contributed by atoms with Crippen molar-refractivity contribution >= 4 is 11.0 Å². The van der Waals surface area contributed by atoms with Crippen molar-refractivity contribution in [2.24, 2.45) is 0 Å². The first-order chi connectivity index (χ1) is 10.2. The monoisotopic (exact) mass is 280 g/mol. The smallest absolute Gasteiger partial charge is 0.119 e. The lowest BCUT2D eigenvalue weighted by Crippen LogP contribution is -2.06. The van der Waals surface area contributed by atoms with E-state index in [1.807, 2.05) is 18.2 Å². The summed E-state index contributed by atoms with van der Waals surface area (Å²) in [5, 5.41) is 0. The summed E-state index contributed by atoms with van der Waals surface area (Å²) in [5.41, 5.74) is 3.52. The highest BCUT2D eigenvalue weighted by Gasteiger charge is 2.05. The van der Waals surface area contributed by atoms with E-state index in [2.05, 4.69) is 53.7 Å². The number of ether oxygens (including phenoxy) is 1. The number of imidazole rings is 1. The van der Waals surface area contributed by atoms with Crippen LogP contribution in [0.3, 0.4) is 0 Å². The van der Waals surface area contributed by atoms with Crippen LogP contribution in [0.25, 0.3) is 11.0 Å². The predicted molar refractivity (Wildman–Crippen MR) is 85.8 cm³/mol. The maximum atomic E-state index is 5.78. The molecule has 0 saturated heterocycles. The zero-order valence-corrected chi connectivity index (χ0v) is 12.5. The van der Waals surface area contributed by atoms with Crippen LogP contribution in [0.15, 0.2) is 48.5 Å². The molecular weight excluding hydrogens is 260 g/mol. The van der Waals surface area contributed by atoms with Crippen molar-refractivity contribution in [1.29, 1.82) is 0 Å². The second kappa shape index (κ2) is 6.00. The summed E-state index contributed by atoms with van der Waals surface area (Å²) in [6.45, 7) is 5.78. The van der Waals surface area contributed by atoms with Gasteiger partial charge in [-0.1, -0.05) is 29.8 Å². The zero-order valence-electron chi connectivity index (χ0n) is 12.5. The van der Waals surface area contributed by atoms with Crippen LogP contribution in [0.4, 0.5) is 0 Å². The fraction of sp³-hybridized carbons (Fsp3) is 0.278. The standard InChI is InChI=1S/C18H20N2O/c1-14-8-10-16(11-9-14)21-13-5-12-20-15(2)19-17-6-3-4-7-18(17)20/h3-4,6-11H,5,12-13H2,1-2H3. The SMILES string of the molecule is Cc1ccc(OCCCn2c(C)nc3ccccc32)cc1. The molecule has 3 aromatic rings. The molecule has 0 radical (unpaired) electrons. The fourth-order valence-electron chi connectivity index (χ4n) is 2.53. The van der Waals surface area contributed by atoms with E-state index in [-0.39, 0.29) is 0 Å². The zero-order chi connectivity index (χ0) is 14.7. The van der Waals surface area contributed by atoms with Gasteiger partial charge in [-0.25, -0.2) is 4.98 Å². The van der Waals surface area contributed by atoms with Crippen LogP contribution in [0.1, 0.15) is 17.8 Å². The Hall–Kier alpha value is -2.29. The third kappa shape index (κ3) is 3.07. The van der Waals surface area contributed by atoms with Crippen molar-refractivity contribution in [2.75, 3.05) is 6.61 Å². The topological polar surface area (TPSA) is 27.1 Å². The van der Waals surface area contributed by atoms with E-state index in [4.69, 9.17) is 4.74 Å². The fourth-order valence-corrected chi connectivity index (χ4v) is 2.53. The average Bonchev–Trinajstić information content (AvgIpc) is 2.81. The number of hydrogen-bond donors (Lipinski definition) is 0. The second-order valence-corrected chi connectivity index (χ2v) is 5.31. The number of para-hydroxylation sites is 2. The van der Waals surface area contributed by atoms with Crippen LogP contribution in [0.5, 0.6) is 5.75 Å². The Morgan fingerprint density at radius 3 is 2.57 bits per heavy atom.